The zero-order valence-electron chi connectivity index (χ0n) is 9.56. The fourth-order valence-corrected chi connectivity index (χ4v) is 2.24. The van der Waals surface area contributed by atoms with E-state index in [1.54, 1.807) is 0 Å². The molecule has 0 radical (unpaired) electrons. The molecule has 17 heavy (non-hydrogen) atoms. The summed E-state index contributed by atoms with van der Waals surface area (Å²) >= 11 is 0. The number of hydrogen-bond acceptors (Lipinski definition) is 4. The Morgan fingerprint density at radius 2 is 2.24 bits per heavy atom. The fraction of sp³-hybridized carbons (Fsp3) is 0.583. The van der Waals surface area contributed by atoms with E-state index in [1.165, 1.54) is 12.3 Å². The van der Waals surface area contributed by atoms with Gasteiger partial charge < -0.3 is 19.9 Å². The van der Waals surface area contributed by atoms with E-state index in [2.05, 4.69) is 5.32 Å². The number of nitrogens with one attached hydrogen (secondary N) is 1. The van der Waals surface area contributed by atoms with E-state index in [0.29, 0.717) is 12.3 Å². The molecule has 1 aliphatic carbocycles. The van der Waals surface area contributed by atoms with Gasteiger partial charge in [-0.05, 0) is 18.9 Å². The van der Waals surface area contributed by atoms with Crippen LogP contribution in [0.2, 0.25) is 0 Å². The molecule has 2 rings (SSSR count). The summed E-state index contributed by atoms with van der Waals surface area (Å²) < 4.78 is 5.13. The van der Waals surface area contributed by atoms with Crippen LogP contribution in [0.3, 0.4) is 0 Å². The first kappa shape index (κ1) is 12.1. The van der Waals surface area contributed by atoms with Gasteiger partial charge in [0, 0.05) is 6.04 Å². The van der Waals surface area contributed by atoms with Crippen LogP contribution in [-0.4, -0.2) is 28.3 Å². The summed E-state index contributed by atoms with van der Waals surface area (Å²) in [5.74, 6) is -0.574. The molecule has 0 spiro atoms. The smallest absolute Gasteiger partial charge is 0.339 e. The lowest BCUT2D eigenvalue weighted by Crippen LogP contribution is -2.41. The minimum atomic E-state index is -0.986. The van der Waals surface area contributed by atoms with Crippen molar-refractivity contribution >= 4 is 5.97 Å². The molecule has 1 heterocycles. The van der Waals surface area contributed by atoms with Crippen molar-refractivity contribution in [1.82, 2.24) is 5.32 Å². The summed E-state index contributed by atoms with van der Waals surface area (Å²) in [6.45, 7) is 0.344. The first-order chi connectivity index (χ1) is 8.18. The van der Waals surface area contributed by atoms with Crippen molar-refractivity contribution in [2.24, 2.45) is 0 Å². The van der Waals surface area contributed by atoms with Crippen LogP contribution in [0.25, 0.3) is 0 Å². The standard InChI is InChI=1S/C12H17NO4/c14-10-4-2-1-3-9(10)13-7-11-8(12(15)16)5-6-17-11/h5-6,9-10,13-14H,1-4,7H2,(H,15,16). The third-order valence-corrected chi connectivity index (χ3v) is 3.23. The molecule has 3 N–H and O–H groups in total. The van der Waals surface area contributed by atoms with E-state index in [-0.39, 0.29) is 17.7 Å². The maximum absolute atomic E-state index is 10.9. The molecule has 2 unspecified atom stereocenters. The van der Waals surface area contributed by atoms with Crippen molar-refractivity contribution in [2.75, 3.05) is 0 Å². The van der Waals surface area contributed by atoms with E-state index in [0.717, 1.165) is 25.7 Å². The van der Waals surface area contributed by atoms with E-state index in [9.17, 15) is 9.90 Å². The molecule has 1 fully saturated rings. The third kappa shape index (κ3) is 2.87. The molecule has 5 nitrogen and oxygen atoms in total. The summed E-state index contributed by atoms with van der Waals surface area (Å²) in [7, 11) is 0. The first-order valence-electron chi connectivity index (χ1n) is 5.89. The van der Waals surface area contributed by atoms with Crippen molar-refractivity contribution < 1.29 is 19.4 Å². The Kier molecular flexibility index (Phi) is 3.81. The number of carboxylic acids is 1. The number of carbonyl (C=O) groups is 1. The molecule has 0 bridgehead atoms. The van der Waals surface area contributed by atoms with Crippen molar-refractivity contribution in [3.63, 3.8) is 0 Å². The second kappa shape index (κ2) is 5.33. The summed E-state index contributed by atoms with van der Waals surface area (Å²) in [4.78, 5) is 10.9. The van der Waals surface area contributed by atoms with Crippen molar-refractivity contribution in [3.05, 3.63) is 23.7 Å². The molecule has 1 saturated carbocycles. The van der Waals surface area contributed by atoms with Crippen LogP contribution < -0.4 is 5.32 Å². The van der Waals surface area contributed by atoms with Crippen LogP contribution in [0.4, 0.5) is 0 Å². The maximum atomic E-state index is 10.9. The second-order valence-corrected chi connectivity index (χ2v) is 4.40. The van der Waals surface area contributed by atoms with Crippen LogP contribution in [0.1, 0.15) is 41.8 Å². The molecule has 0 amide bonds. The van der Waals surface area contributed by atoms with Gasteiger partial charge in [-0.15, -0.1) is 0 Å². The van der Waals surface area contributed by atoms with Crippen LogP contribution >= 0.6 is 0 Å². The van der Waals surface area contributed by atoms with Gasteiger partial charge in [0.15, 0.2) is 0 Å². The van der Waals surface area contributed by atoms with Gasteiger partial charge in [-0.2, -0.15) is 0 Å². The minimum absolute atomic E-state index is 0.0375. The Bertz CT molecular complexity index is 388. The summed E-state index contributed by atoms with van der Waals surface area (Å²) in [5, 5.41) is 21.8. The number of aromatic carboxylic acids is 1. The number of furan rings is 1. The average molecular weight is 239 g/mol. The van der Waals surface area contributed by atoms with Gasteiger partial charge in [0.2, 0.25) is 0 Å². The molecule has 0 saturated heterocycles. The van der Waals surface area contributed by atoms with Gasteiger partial charge in [0.05, 0.1) is 18.9 Å². The van der Waals surface area contributed by atoms with Gasteiger partial charge in [-0.3, -0.25) is 0 Å². The summed E-state index contributed by atoms with van der Waals surface area (Å²) in [5.41, 5.74) is 0.183. The van der Waals surface area contributed by atoms with E-state index in [1.807, 2.05) is 0 Å². The molecule has 94 valence electrons. The van der Waals surface area contributed by atoms with E-state index >= 15 is 0 Å². The molecule has 5 heteroatoms. The largest absolute Gasteiger partial charge is 0.478 e. The topological polar surface area (TPSA) is 82.7 Å². The Morgan fingerprint density at radius 3 is 2.94 bits per heavy atom. The third-order valence-electron chi connectivity index (χ3n) is 3.23. The van der Waals surface area contributed by atoms with E-state index in [4.69, 9.17) is 9.52 Å². The van der Waals surface area contributed by atoms with Crippen LogP contribution in [0.5, 0.6) is 0 Å². The number of aliphatic hydroxyl groups is 1. The molecular formula is C12H17NO4. The molecule has 1 aliphatic rings. The van der Waals surface area contributed by atoms with Crippen LogP contribution in [0, 0.1) is 0 Å². The van der Waals surface area contributed by atoms with Gasteiger partial charge in [0.1, 0.15) is 11.3 Å². The molecular weight excluding hydrogens is 222 g/mol. The fourth-order valence-electron chi connectivity index (χ4n) is 2.24. The Morgan fingerprint density at radius 1 is 1.47 bits per heavy atom. The highest BCUT2D eigenvalue weighted by Gasteiger charge is 2.23. The normalized spacial score (nSPS) is 24.8. The Hall–Kier alpha value is -1.33. The number of aliphatic hydroxyl groups excluding tert-OH is 1. The molecule has 1 aromatic heterocycles. The molecule has 2 atom stereocenters. The van der Waals surface area contributed by atoms with Crippen molar-refractivity contribution in [2.45, 2.75) is 44.4 Å². The molecule has 0 aromatic carbocycles. The van der Waals surface area contributed by atoms with Crippen LogP contribution in [-0.2, 0) is 6.54 Å². The van der Waals surface area contributed by atoms with Gasteiger partial charge >= 0.3 is 5.97 Å². The van der Waals surface area contributed by atoms with Crippen molar-refractivity contribution in [1.29, 1.82) is 0 Å². The SMILES string of the molecule is O=C(O)c1ccoc1CNC1CCCCC1O. The first-order valence-corrected chi connectivity index (χ1v) is 5.89. The quantitative estimate of drug-likeness (QED) is 0.739. The lowest BCUT2D eigenvalue weighted by atomic mass is 9.92. The molecule has 0 aliphatic heterocycles. The van der Waals surface area contributed by atoms with Gasteiger partial charge in [-0.25, -0.2) is 4.79 Å². The number of hydrogen-bond donors (Lipinski definition) is 3. The summed E-state index contributed by atoms with van der Waals surface area (Å²) in [6, 6.07) is 1.48. The minimum Gasteiger partial charge on any atom is -0.478 e. The van der Waals surface area contributed by atoms with Gasteiger partial charge in [0.25, 0.3) is 0 Å². The lowest BCUT2D eigenvalue weighted by molar-refractivity contribution is 0.0693. The number of rotatable bonds is 4. The lowest BCUT2D eigenvalue weighted by Gasteiger charge is -2.28. The number of carboxylic acid groups (broad SMARTS) is 1. The Labute approximate surface area is 99.4 Å². The predicted molar refractivity (Wildman–Crippen MR) is 60.8 cm³/mol. The molecule has 1 aromatic rings. The summed E-state index contributed by atoms with van der Waals surface area (Å²) in [6.07, 6.45) is 4.91. The maximum Gasteiger partial charge on any atom is 0.339 e. The zero-order valence-corrected chi connectivity index (χ0v) is 9.56. The predicted octanol–water partition coefficient (Wildman–Crippen LogP) is 1.37. The second-order valence-electron chi connectivity index (χ2n) is 4.40. The highest BCUT2D eigenvalue weighted by Crippen LogP contribution is 2.19. The van der Waals surface area contributed by atoms with Crippen LogP contribution in [0.15, 0.2) is 16.7 Å². The highest BCUT2D eigenvalue weighted by molar-refractivity contribution is 5.88. The Balaban J connectivity index is 1.92. The van der Waals surface area contributed by atoms with Gasteiger partial charge in [-0.1, -0.05) is 12.8 Å². The average Bonchev–Trinajstić information content (AvgIpc) is 2.76. The monoisotopic (exact) mass is 239 g/mol. The highest BCUT2D eigenvalue weighted by atomic mass is 16.4. The van der Waals surface area contributed by atoms with E-state index < -0.39 is 5.97 Å². The van der Waals surface area contributed by atoms with Crippen molar-refractivity contribution in [3.8, 4) is 0 Å². The zero-order chi connectivity index (χ0) is 12.3.